The van der Waals surface area contributed by atoms with Crippen molar-refractivity contribution in [1.82, 2.24) is 4.90 Å². The van der Waals surface area contributed by atoms with Gasteiger partial charge in [-0.2, -0.15) is 0 Å². The minimum Gasteiger partial charge on any atom is -0.493 e. The zero-order valence-electron chi connectivity index (χ0n) is 15.6. The number of carboxylic acids is 1. The number of aliphatic hydroxyl groups is 1. The number of benzene rings is 1. The number of nitrogens with zero attached hydrogens (tertiary/aromatic N) is 2. The Morgan fingerprint density at radius 2 is 2.07 bits per heavy atom. The molecule has 10 nitrogen and oxygen atoms in total. The zero-order chi connectivity index (χ0) is 20.7. The molecule has 2 N–H and O–H groups in total. The molecule has 0 radical (unpaired) electrons. The van der Waals surface area contributed by atoms with Crippen molar-refractivity contribution in [2.45, 2.75) is 38.1 Å². The molecule has 0 aliphatic carbocycles. The largest absolute Gasteiger partial charge is 0.493 e. The Kier molecular flexibility index (Phi) is 7.56. The number of piperidine rings is 1. The van der Waals surface area contributed by atoms with Gasteiger partial charge in [-0.25, -0.2) is 0 Å². The standard InChI is InChI=1S/C18H24N2O8/c1-27-15-9-13(18(24)19-7-3-2-5-12(19)11-21)14(20(25)26)10-16(15)28-8-4-6-17(22)23/h9-10,12,21H,2-8,11H2,1H3,(H,22,23)/t12-/m0/s1. The molecule has 28 heavy (non-hydrogen) atoms. The lowest BCUT2D eigenvalue weighted by molar-refractivity contribution is -0.385. The van der Waals surface area contributed by atoms with Crippen molar-refractivity contribution < 1.29 is 34.2 Å². The summed E-state index contributed by atoms with van der Waals surface area (Å²) < 4.78 is 10.6. The number of rotatable bonds is 9. The first-order valence-electron chi connectivity index (χ1n) is 9.01. The third-order valence-electron chi connectivity index (χ3n) is 4.60. The molecule has 0 bridgehead atoms. The van der Waals surface area contributed by atoms with Crippen LogP contribution in [0.3, 0.4) is 0 Å². The Hall–Kier alpha value is -2.88. The van der Waals surface area contributed by atoms with Gasteiger partial charge < -0.3 is 24.6 Å². The molecule has 0 spiro atoms. The van der Waals surface area contributed by atoms with E-state index in [1.165, 1.54) is 18.1 Å². The van der Waals surface area contributed by atoms with Gasteiger partial charge >= 0.3 is 5.97 Å². The van der Waals surface area contributed by atoms with E-state index >= 15 is 0 Å². The molecule has 1 aliphatic heterocycles. The molecule has 1 saturated heterocycles. The van der Waals surface area contributed by atoms with Crippen LogP contribution in [-0.4, -0.2) is 64.8 Å². The molecule has 1 atom stereocenters. The van der Waals surface area contributed by atoms with Crippen LogP contribution in [-0.2, 0) is 4.79 Å². The smallest absolute Gasteiger partial charge is 0.303 e. The number of methoxy groups -OCH3 is 1. The lowest BCUT2D eigenvalue weighted by atomic mass is 10.0. The van der Waals surface area contributed by atoms with Crippen LogP contribution in [0, 0.1) is 10.1 Å². The maximum Gasteiger partial charge on any atom is 0.303 e. The first kappa shape index (κ1) is 21.4. The quantitative estimate of drug-likeness (QED) is 0.366. The van der Waals surface area contributed by atoms with E-state index in [4.69, 9.17) is 14.6 Å². The number of ether oxygens (including phenoxy) is 2. The van der Waals surface area contributed by atoms with Crippen molar-refractivity contribution in [3.63, 3.8) is 0 Å². The molecule has 1 heterocycles. The third-order valence-corrected chi connectivity index (χ3v) is 4.60. The summed E-state index contributed by atoms with van der Waals surface area (Å²) in [4.78, 5) is 35.9. The molecule has 0 aromatic heterocycles. The second-order valence-corrected chi connectivity index (χ2v) is 6.45. The van der Waals surface area contributed by atoms with Crippen molar-refractivity contribution in [1.29, 1.82) is 0 Å². The molecule has 1 amide bonds. The molecular weight excluding hydrogens is 372 g/mol. The average Bonchev–Trinajstić information content (AvgIpc) is 2.69. The van der Waals surface area contributed by atoms with E-state index in [1.807, 2.05) is 0 Å². The van der Waals surface area contributed by atoms with Crippen LogP contribution in [0.1, 0.15) is 42.5 Å². The van der Waals surface area contributed by atoms with E-state index in [0.717, 1.165) is 18.9 Å². The molecular formula is C18H24N2O8. The van der Waals surface area contributed by atoms with Gasteiger partial charge in [0.05, 0.1) is 37.4 Å². The molecule has 2 rings (SSSR count). The van der Waals surface area contributed by atoms with Crippen molar-refractivity contribution in [2.75, 3.05) is 26.9 Å². The second-order valence-electron chi connectivity index (χ2n) is 6.45. The van der Waals surface area contributed by atoms with Gasteiger partial charge in [-0.15, -0.1) is 0 Å². The number of likely N-dealkylation sites (tertiary alicyclic amines) is 1. The predicted octanol–water partition coefficient (Wildman–Crippen LogP) is 1.83. The van der Waals surface area contributed by atoms with Crippen LogP contribution in [0.4, 0.5) is 5.69 Å². The Morgan fingerprint density at radius 1 is 1.32 bits per heavy atom. The lowest BCUT2D eigenvalue weighted by Gasteiger charge is -2.34. The summed E-state index contributed by atoms with van der Waals surface area (Å²) in [6.07, 6.45) is 2.40. The first-order valence-corrected chi connectivity index (χ1v) is 9.01. The average molecular weight is 396 g/mol. The van der Waals surface area contributed by atoms with E-state index < -0.39 is 22.5 Å². The maximum atomic E-state index is 13.0. The molecule has 1 aromatic carbocycles. The highest BCUT2D eigenvalue weighted by molar-refractivity contribution is 5.99. The van der Waals surface area contributed by atoms with Crippen LogP contribution in [0.5, 0.6) is 11.5 Å². The van der Waals surface area contributed by atoms with Crippen molar-refractivity contribution in [2.24, 2.45) is 0 Å². The van der Waals surface area contributed by atoms with Gasteiger partial charge in [-0.05, 0) is 25.7 Å². The van der Waals surface area contributed by atoms with E-state index in [9.17, 15) is 24.8 Å². The molecule has 1 aliphatic rings. The minimum atomic E-state index is -0.970. The van der Waals surface area contributed by atoms with Gasteiger partial charge in [-0.3, -0.25) is 19.7 Å². The second kappa shape index (κ2) is 9.88. The topological polar surface area (TPSA) is 139 Å². The number of nitro benzene ring substituents is 1. The summed E-state index contributed by atoms with van der Waals surface area (Å²) in [5.41, 5.74) is -0.568. The summed E-state index contributed by atoms with van der Waals surface area (Å²) in [6.45, 7) is 0.240. The van der Waals surface area contributed by atoms with E-state index in [-0.39, 0.29) is 49.2 Å². The number of carboxylic acid groups (broad SMARTS) is 1. The molecule has 0 unspecified atom stereocenters. The Balaban J connectivity index is 2.31. The van der Waals surface area contributed by atoms with Crippen molar-refractivity contribution in [3.8, 4) is 11.5 Å². The number of amides is 1. The highest BCUT2D eigenvalue weighted by atomic mass is 16.6. The normalized spacial score (nSPS) is 16.5. The molecule has 0 saturated carbocycles. The number of carbonyl (C=O) groups excluding carboxylic acids is 1. The number of hydrogen-bond acceptors (Lipinski definition) is 7. The van der Waals surface area contributed by atoms with Gasteiger partial charge in [0.25, 0.3) is 11.6 Å². The summed E-state index contributed by atoms with van der Waals surface area (Å²) in [5, 5.41) is 29.7. The highest BCUT2D eigenvalue weighted by Crippen LogP contribution is 2.36. The summed E-state index contributed by atoms with van der Waals surface area (Å²) in [7, 11) is 1.34. The van der Waals surface area contributed by atoms with Gasteiger partial charge in [0.2, 0.25) is 0 Å². The summed E-state index contributed by atoms with van der Waals surface area (Å²) >= 11 is 0. The molecule has 1 aromatic rings. The molecule has 1 fully saturated rings. The Morgan fingerprint density at radius 3 is 2.68 bits per heavy atom. The van der Waals surface area contributed by atoms with Gasteiger partial charge in [0.15, 0.2) is 11.5 Å². The van der Waals surface area contributed by atoms with Crippen LogP contribution < -0.4 is 9.47 Å². The summed E-state index contributed by atoms with van der Waals surface area (Å²) in [6, 6.07) is 2.00. The first-order chi connectivity index (χ1) is 13.4. The van der Waals surface area contributed by atoms with Gasteiger partial charge in [0.1, 0.15) is 5.56 Å². The van der Waals surface area contributed by atoms with Crippen LogP contribution in [0.2, 0.25) is 0 Å². The van der Waals surface area contributed by atoms with Crippen LogP contribution >= 0.6 is 0 Å². The van der Waals surface area contributed by atoms with Gasteiger partial charge in [0, 0.05) is 19.0 Å². The van der Waals surface area contributed by atoms with E-state index in [0.29, 0.717) is 13.0 Å². The lowest BCUT2D eigenvalue weighted by Crippen LogP contribution is -2.45. The van der Waals surface area contributed by atoms with Crippen LogP contribution in [0.25, 0.3) is 0 Å². The third kappa shape index (κ3) is 5.10. The fraction of sp³-hybridized carbons (Fsp3) is 0.556. The van der Waals surface area contributed by atoms with Crippen LogP contribution in [0.15, 0.2) is 12.1 Å². The SMILES string of the molecule is COc1cc(C(=O)N2CCCC[C@H]2CO)c([N+](=O)[O-])cc1OCCCC(=O)O. The monoisotopic (exact) mass is 396 g/mol. The fourth-order valence-corrected chi connectivity index (χ4v) is 3.16. The van der Waals surface area contributed by atoms with E-state index in [1.54, 1.807) is 0 Å². The van der Waals surface area contributed by atoms with Gasteiger partial charge in [-0.1, -0.05) is 0 Å². The molecule has 154 valence electrons. The van der Waals surface area contributed by atoms with Crippen molar-refractivity contribution >= 4 is 17.6 Å². The number of nitro groups is 1. The number of carbonyl (C=O) groups is 2. The number of hydrogen-bond donors (Lipinski definition) is 2. The summed E-state index contributed by atoms with van der Waals surface area (Å²) in [5.74, 6) is -1.31. The maximum absolute atomic E-state index is 13.0. The Labute approximate surface area is 161 Å². The predicted molar refractivity (Wildman–Crippen MR) is 97.8 cm³/mol. The number of aliphatic hydroxyl groups excluding tert-OH is 1. The van der Waals surface area contributed by atoms with Crippen molar-refractivity contribution in [3.05, 3.63) is 27.8 Å². The highest BCUT2D eigenvalue weighted by Gasteiger charge is 2.32. The number of aliphatic carboxylic acids is 1. The van der Waals surface area contributed by atoms with E-state index in [2.05, 4.69) is 0 Å². The fourth-order valence-electron chi connectivity index (χ4n) is 3.16. The zero-order valence-corrected chi connectivity index (χ0v) is 15.6. The molecule has 10 heteroatoms. The minimum absolute atomic E-state index is 0.0336. The Bertz CT molecular complexity index is 737.